The Labute approximate surface area is 250 Å². The Morgan fingerprint density at radius 1 is 1.02 bits per heavy atom. The number of Topliss-reactive ketones (excluding diaryl/α,β-unsaturated/α-hetero) is 1. The molecule has 0 radical (unpaired) electrons. The van der Waals surface area contributed by atoms with E-state index in [9.17, 15) is 31.9 Å². The summed E-state index contributed by atoms with van der Waals surface area (Å²) in [5, 5.41) is 0.169. The number of ether oxygens (including phenoxy) is 3. The summed E-state index contributed by atoms with van der Waals surface area (Å²) >= 11 is 6.11. The van der Waals surface area contributed by atoms with E-state index in [2.05, 4.69) is 0 Å². The van der Waals surface area contributed by atoms with Crippen LogP contribution in [0.1, 0.15) is 49.2 Å². The van der Waals surface area contributed by atoms with Gasteiger partial charge in [-0.15, -0.1) is 0 Å². The molecule has 13 heteroatoms. The maximum absolute atomic E-state index is 14.4. The lowest BCUT2D eigenvalue weighted by atomic mass is 9.99. The highest BCUT2D eigenvalue weighted by Crippen LogP contribution is 2.38. The van der Waals surface area contributed by atoms with E-state index in [-0.39, 0.29) is 58.2 Å². The number of hydrogen-bond donors (Lipinski definition) is 1. The van der Waals surface area contributed by atoms with Gasteiger partial charge < -0.3 is 24.5 Å². The highest BCUT2D eigenvalue weighted by molar-refractivity contribution is 6.31. The first-order valence-electron chi connectivity index (χ1n) is 13.0. The molecule has 1 atom stereocenters. The van der Waals surface area contributed by atoms with Gasteiger partial charge in [0.1, 0.15) is 17.3 Å². The number of nitrogens with two attached hydrogens (primary N) is 1. The standard InChI is InChI=1S/C30H31ClF4N2O6/c1-29(2,3)43-10-9-23(24(38)12-17-5-7-19(28(36)40)22(32)11-17)37-15-26(41-4)21(14-27(37)39)20-13-18(31)6-8-25(20)42-16-30(33,34)35/h5-8,11,13-15,23H,9-10,12,16H2,1-4H3,(H2,36,40). The number of carbonyl (C=O) groups excluding carboxylic acids is 2. The fraction of sp³-hybridized carbons (Fsp3) is 0.367. The molecule has 0 aliphatic rings. The zero-order valence-corrected chi connectivity index (χ0v) is 24.6. The van der Waals surface area contributed by atoms with Gasteiger partial charge in [-0.3, -0.25) is 14.4 Å². The number of ketones is 1. The fourth-order valence-corrected chi connectivity index (χ4v) is 4.43. The highest BCUT2D eigenvalue weighted by atomic mass is 35.5. The number of aromatic nitrogens is 1. The molecule has 2 N–H and O–H groups in total. The van der Waals surface area contributed by atoms with Crippen LogP contribution in [0.2, 0.25) is 5.02 Å². The minimum atomic E-state index is -4.61. The van der Waals surface area contributed by atoms with Crippen LogP contribution < -0.4 is 20.8 Å². The van der Waals surface area contributed by atoms with Crippen LogP contribution in [0, 0.1) is 5.82 Å². The first-order chi connectivity index (χ1) is 20.0. The highest BCUT2D eigenvalue weighted by Gasteiger charge is 2.30. The predicted octanol–water partition coefficient (Wildman–Crippen LogP) is 5.91. The molecular weight excluding hydrogens is 596 g/mol. The van der Waals surface area contributed by atoms with Gasteiger partial charge in [-0.25, -0.2) is 4.39 Å². The number of primary amides is 1. The summed E-state index contributed by atoms with van der Waals surface area (Å²) in [6.07, 6.45) is -3.59. The number of amides is 1. The molecule has 0 spiro atoms. The molecule has 1 aromatic heterocycles. The second-order valence-electron chi connectivity index (χ2n) is 10.6. The van der Waals surface area contributed by atoms with Crippen molar-refractivity contribution in [2.24, 2.45) is 5.73 Å². The van der Waals surface area contributed by atoms with Gasteiger partial charge in [0.25, 0.3) is 11.5 Å². The number of halogens is 5. The van der Waals surface area contributed by atoms with Crippen molar-refractivity contribution in [1.29, 1.82) is 0 Å². The van der Waals surface area contributed by atoms with E-state index in [1.165, 1.54) is 43.6 Å². The quantitative estimate of drug-likeness (QED) is 0.250. The Balaban J connectivity index is 2.06. The van der Waals surface area contributed by atoms with E-state index in [0.717, 1.165) is 16.7 Å². The lowest BCUT2D eigenvalue weighted by molar-refractivity contribution is -0.153. The molecule has 0 saturated carbocycles. The van der Waals surface area contributed by atoms with E-state index in [0.29, 0.717) is 0 Å². The van der Waals surface area contributed by atoms with E-state index in [4.69, 9.17) is 31.5 Å². The number of carbonyl (C=O) groups is 2. The summed E-state index contributed by atoms with van der Waals surface area (Å²) in [6, 6.07) is 7.51. The molecule has 1 unspecified atom stereocenters. The second kappa shape index (κ2) is 13.6. The van der Waals surface area contributed by atoms with Gasteiger partial charge in [0.05, 0.1) is 30.5 Å². The first kappa shape index (κ1) is 33.6. The van der Waals surface area contributed by atoms with Crippen LogP contribution in [0.4, 0.5) is 17.6 Å². The summed E-state index contributed by atoms with van der Waals surface area (Å²) in [5.74, 6) is -2.47. The molecule has 3 rings (SSSR count). The number of alkyl halides is 3. The van der Waals surface area contributed by atoms with Crippen LogP contribution in [-0.2, 0) is 16.0 Å². The Morgan fingerprint density at radius 2 is 1.70 bits per heavy atom. The van der Waals surface area contributed by atoms with E-state index >= 15 is 0 Å². The van der Waals surface area contributed by atoms with Crippen LogP contribution in [0.15, 0.2) is 53.5 Å². The van der Waals surface area contributed by atoms with Crippen LogP contribution in [0.25, 0.3) is 11.1 Å². The van der Waals surface area contributed by atoms with Gasteiger partial charge in [-0.2, -0.15) is 13.2 Å². The third-order valence-electron chi connectivity index (χ3n) is 6.20. The largest absolute Gasteiger partial charge is 0.495 e. The number of pyridine rings is 1. The molecule has 1 heterocycles. The molecule has 8 nitrogen and oxygen atoms in total. The van der Waals surface area contributed by atoms with E-state index < -0.39 is 47.5 Å². The minimum absolute atomic E-state index is 0.0464. The first-order valence-corrected chi connectivity index (χ1v) is 13.4. The summed E-state index contributed by atoms with van der Waals surface area (Å²) in [7, 11) is 1.29. The van der Waals surface area contributed by atoms with Crippen molar-refractivity contribution in [3.8, 4) is 22.6 Å². The van der Waals surface area contributed by atoms with Crippen molar-refractivity contribution in [1.82, 2.24) is 4.57 Å². The third kappa shape index (κ3) is 9.29. The predicted molar refractivity (Wildman–Crippen MR) is 152 cm³/mol. The molecule has 232 valence electrons. The topological polar surface area (TPSA) is 110 Å². The minimum Gasteiger partial charge on any atom is -0.495 e. The molecule has 0 saturated heterocycles. The molecule has 0 fully saturated rings. The van der Waals surface area contributed by atoms with Gasteiger partial charge in [-0.1, -0.05) is 17.7 Å². The van der Waals surface area contributed by atoms with Gasteiger partial charge >= 0.3 is 6.18 Å². The molecular formula is C30H31ClF4N2O6. The van der Waals surface area contributed by atoms with Gasteiger partial charge in [-0.05, 0) is 63.1 Å². The lowest BCUT2D eigenvalue weighted by Gasteiger charge is -2.24. The smallest absolute Gasteiger partial charge is 0.422 e. The lowest BCUT2D eigenvalue weighted by Crippen LogP contribution is -2.32. The van der Waals surface area contributed by atoms with Crippen LogP contribution in [0.5, 0.6) is 11.5 Å². The Bertz CT molecular complexity index is 1550. The average Bonchev–Trinajstić information content (AvgIpc) is 2.89. The molecule has 2 aromatic carbocycles. The zero-order chi connectivity index (χ0) is 32.1. The number of benzene rings is 2. The molecule has 43 heavy (non-hydrogen) atoms. The SMILES string of the molecule is COc1cn(C(CCOC(C)(C)C)C(=O)Cc2ccc(C(N)=O)c(F)c2)c(=O)cc1-c1cc(Cl)ccc1OCC(F)(F)F. The Kier molecular flexibility index (Phi) is 10.6. The molecule has 0 aliphatic carbocycles. The number of rotatable bonds is 12. The van der Waals surface area contributed by atoms with Crippen LogP contribution in [-0.4, -0.2) is 48.4 Å². The van der Waals surface area contributed by atoms with Crippen molar-refractivity contribution in [2.75, 3.05) is 20.3 Å². The van der Waals surface area contributed by atoms with Crippen LogP contribution in [0.3, 0.4) is 0 Å². The Morgan fingerprint density at radius 3 is 2.28 bits per heavy atom. The van der Waals surface area contributed by atoms with Crippen molar-refractivity contribution in [3.05, 3.63) is 81.0 Å². The van der Waals surface area contributed by atoms with Gasteiger partial charge in [0, 0.05) is 35.2 Å². The van der Waals surface area contributed by atoms with E-state index in [1.54, 1.807) is 0 Å². The summed E-state index contributed by atoms with van der Waals surface area (Å²) in [4.78, 5) is 38.4. The molecule has 0 bridgehead atoms. The third-order valence-corrected chi connectivity index (χ3v) is 6.43. The molecule has 0 aliphatic heterocycles. The fourth-order valence-electron chi connectivity index (χ4n) is 4.26. The van der Waals surface area contributed by atoms with Crippen molar-refractivity contribution >= 4 is 23.3 Å². The summed E-state index contributed by atoms with van der Waals surface area (Å²) < 4.78 is 70.4. The van der Waals surface area contributed by atoms with Crippen LogP contribution >= 0.6 is 11.6 Å². The van der Waals surface area contributed by atoms with Gasteiger partial charge in [0.15, 0.2) is 12.4 Å². The Hall–Kier alpha value is -3.90. The summed E-state index contributed by atoms with van der Waals surface area (Å²) in [5.41, 5.74) is 4.00. The monoisotopic (exact) mass is 626 g/mol. The average molecular weight is 627 g/mol. The summed E-state index contributed by atoms with van der Waals surface area (Å²) in [6.45, 7) is 3.96. The van der Waals surface area contributed by atoms with Crippen molar-refractivity contribution < 1.29 is 41.4 Å². The van der Waals surface area contributed by atoms with Gasteiger partial charge in [0.2, 0.25) is 0 Å². The van der Waals surface area contributed by atoms with Crippen molar-refractivity contribution in [3.63, 3.8) is 0 Å². The maximum Gasteiger partial charge on any atom is 0.422 e. The second-order valence-corrected chi connectivity index (χ2v) is 11.1. The van der Waals surface area contributed by atoms with Crippen molar-refractivity contribution in [2.45, 2.75) is 51.4 Å². The normalized spacial score (nSPS) is 12.6. The van der Waals surface area contributed by atoms with E-state index in [1.807, 2.05) is 20.8 Å². The molecule has 3 aromatic rings. The number of hydrogen-bond acceptors (Lipinski definition) is 6. The maximum atomic E-state index is 14.4. The zero-order valence-electron chi connectivity index (χ0n) is 23.9. The number of nitrogens with zero attached hydrogens (tertiary/aromatic N) is 1. The molecule has 1 amide bonds. The number of methoxy groups -OCH3 is 1.